The van der Waals surface area contributed by atoms with Crippen LogP contribution in [0.2, 0.25) is 0 Å². The molecule has 3 saturated heterocycles. The van der Waals surface area contributed by atoms with E-state index in [1.165, 1.54) is 0 Å². The van der Waals surface area contributed by atoms with Gasteiger partial charge in [-0.15, -0.1) is 0 Å². The molecule has 4 saturated carbocycles. The van der Waals surface area contributed by atoms with Crippen molar-refractivity contribution in [1.29, 1.82) is 0 Å². The van der Waals surface area contributed by atoms with Crippen LogP contribution in [0.25, 0.3) is 0 Å². The van der Waals surface area contributed by atoms with Gasteiger partial charge in [0.05, 0.1) is 31.0 Å². The van der Waals surface area contributed by atoms with Crippen LogP contribution < -0.4 is 0 Å². The molecule has 1 spiro atoms. The minimum atomic E-state index is -1.48. The van der Waals surface area contributed by atoms with Crippen molar-refractivity contribution in [1.82, 2.24) is 0 Å². The van der Waals surface area contributed by atoms with Crippen molar-refractivity contribution in [2.45, 2.75) is 146 Å². The van der Waals surface area contributed by atoms with Crippen LogP contribution in [0.1, 0.15) is 91.9 Å². The van der Waals surface area contributed by atoms with Crippen molar-refractivity contribution < 1.29 is 44.5 Å². The quantitative estimate of drug-likeness (QED) is 0.312. The van der Waals surface area contributed by atoms with Crippen molar-refractivity contribution >= 4 is 0 Å². The second-order valence-electron chi connectivity index (χ2n) is 16.1. The molecule has 240 valence electrons. The predicted molar refractivity (Wildman–Crippen MR) is 152 cm³/mol. The summed E-state index contributed by atoms with van der Waals surface area (Å²) in [6, 6.07) is 0. The number of aliphatic hydroxyl groups excluding tert-OH is 5. The smallest absolute Gasteiger partial charge is 0.187 e. The third kappa shape index (κ3) is 4.13. The van der Waals surface area contributed by atoms with Gasteiger partial charge < -0.3 is 44.5 Å². The summed E-state index contributed by atoms with van der Waals surface area (Å²) in [6.07, 6.45) is 2.31. The molecule has 5 N–H and O–H groups in total. The first-order chi connectivity index (χ1) is 19.9. The van der Waals surface area contributed by atoms with E-state index < -0.39 is 54.8 Å². The minimum Gasteiger partial charge on any atom is -0.394 e. The lowest BCUT2D eigenvalue weighted by molar-refractivity contribution is -0.361. The Morgan fingerprint density at radius 2 is 1.64 bits per heavy atom. The monoisotopic (exact) mass is 594 g/mol. The highest BCUT2D eigenvalue weighted by Gasteiger charge is 2.71. The molecule has 0 amide bonds. The molecule has 17 atom stereocenters. The van der Waals surface area contributed by atoms with Crippen LogP contribution in [0, 0.1) is 46.3 Å². The first-order valence-electron chi connectivity index (χ1n) is 16.9. The predicted octanol–water partition coefficient (Wildman–Crippen LogP) is 2.73. The molecular weight excluding hydrogens is 540 g/mol. The third-order valence-electron chi connectivity index (χ3n) is 14.2. The standard InChI is InChI=1S/C33H54O9/c1-17-5-12-33(39-16-17)18(2)25-23(41-33)13-22-20-7-11-32(42-29-28(38)27(37)26(36)24(15-34)40-29)14-19(35)6-10-31(32,4)21(20)8-9-30(22,25)3/h17-29,34-38H,5-16H2,1-4H3. The van der Waals surface area contributed by atoms with Gasteiger partial charge in [0.2, 0.25) is 0 Å². The molecule has 3 aliphatic heterocycles. The van der Waals surface area contributed by atoms with E-state index in [2.05, 4.69) is 27.7 Å². The summed E-state index contributed by atoms with van der Waals surface area (Å²) in [7, 11) is 0. The lowest BCUT2D eigenvalue weighted by atomic mass is 9.43. The van der Waals surface area contributed by atoms with Crippen LogP contribution >= 0.6 is 0 Å². The highest BCUT2D eigenvalue weighted by atomic mass is 16.7. The highest BCUT2D eigenvalue weighted by Crippen LogP contribution is 2.72. The Morgan fingerprint density at radius 3 is 2.36 bits per heavy atom. The number of ether oxygens (including phenoxy) is 4. The fraction of sp³-hybridized carbons (Fsp3) is 1.00. The van der Waals surface area contributed by atoms with Crippen molar-refractivity contribution in [3.8, 4) is 0 Å². The van der Waals surface area contributed by atoms with E-state index in [-0.39, 0.29) is 16.9 Å². The summed E-state index contributed by atoms with van der Waals surface area (Å²) >= 11 is 0. The maximum absolute atomic E-state index is 10.9. The molecule has 17 unspecified atom stereocenters. The second-order valence-corrected chi connectivity index (χ2v) is 16.1. The van der Waals surface area contributed by atoms with Gasteiger partial charge in [-0.1, -0.05) is 27.7 Å². The molecule has 7 rings (SSSR count). The van der Waals surface area contributed by atoms with E-state index in [1.807, 2.05) is 0 Å². The van der Waals surface area contributed by atoms with Gasteiger partial charge in [0.25, 0.3) is 0 Å². The van der Waals surface area contributed by atoms with E-state index in [9.17, 15) is 25.5 Å². The number of rotatable bonds is 3. The molecule has 0 aromatic heterocycles. The van der Waals surface area contributed by atoms with Crippen LogP contribution in [0.15, 0.2) is 0 Å². The normalized spacial score (nSPS) is 60.9. The Labute approximate surface area is 250 Å². The Kier molecular flexibility index (Phi) is 7.45. The van der Waals surface area contributed by atoms with Crippen LogP contribution in [0.3, 0.4) is 0 Å². The zero-order valence-electron chi connectivity index (χ0n) is 25.9. The Bertz CT molecular complexity index is 1020. The summed E-state index contributed by atoms with van der Waals surface area (Å²) in [4.78, 5) is 0. The molecule has 7 aliphatic rings. The molecule has 0 aromatic rings. The molecule has 42 heavy (non-hydrogen) atoms. The van der Waals surface area contributed by atoms with Gasteiger partial charge in [-0.25, -0.2) is 0 Å². The fourth-order valence-corrected chi connectivity index (χ4v) is 11.8. The zero-order valence-corrected chi connectivity index (χ0v) is 25.9. The summed E-state index contributed by atoms with van der Waals surface area (Å²) in [5.41, 5.74) is -0.782. The van der Waals surface area contributed by atoms with Crippen LogP contribution in [0.4, 0.5) is 0 Å². The van der Waals surface area contributed by atoms with Crippen molar-refractivity contribution in [3.05, 3.63) is 0 Å². The van der Waals surface area contributed by atoms with E-state index in [1.54, 1.807) is 0 Å². The van der Waals surface area contributed by atoms with Gasteiger partial charge in [0, 0.05) is 18.8 Å². The topological polar surface area (TPSA) is 138 Å². The molecule has 7 fully saturated rings. The average molecular weight is 595 g/mol. The largest absolute Gasteiger partial charge is 0.394 e. The first kappa shape index (κ1) is 30.3. The first-order valence-corrected chi connectivity index (χ1v) is 16.9. The maximum atomic E-state index is 10.9. The van der Waals surface area contributed by atoms with E-state index in [0.29, 0.717) is 48.3 Å². The number of hydrogen-bond donors (Lipinski definition) is 5. The maximum Gasteiger partial charge on any atom is 0.187 e. The number of fused-ring (bicyclic) bond motifs is 7. The van der Waals surface area contributed by atoms with E-state index in [4.69, 9.17) is 18.9 Å². The Balaban J connectivity index is 1.15. The van der Waals surface area contributed by atoms with Crippen LogP contribution in [0.5, 0.6) is 0 Å². The van der Waals surface area contributed by atoms with Gasteiger partial charge in [-0.2, -0.15) is 0 Å². The van der Waals surface area contributed by atoms with E-state index >= 15 is 0 Å². The average Bonchev–Trinajstić information content (AvgIpc) is 3.41. The summed E-state index contributed by atoms with van der Waals surface area (Å²) in [5, 5.41) is 52.4. The molecular formula is C33H54O9. The highest BCUT2D eigenvalue weighted by molar-refractivity contribution is 5.18. The van der Waals surface area contributed by atoms with Gasteiger partial charge in [-0.3, -0.25) is 0 Å². The van der Waals surface area contributed by atoms with Gasteiger partial charge in [0.1, 0.15) is 24.4 Å². The summed E-state index contributed by atoms with van der Waals surface area (Å²) in [6.45, 7) is 9.79. The lowest BCUT2D eigenvalue weighted by Gasteiger charge is -2.66. The molecule has 9 nitrogen and oxygen atoms in total. The molecule has 4 aliphatic carbocycles. The van der Waals surface area contributed by atoms with Crippen LogP contribution in [-0.2, 0) is 18.9 Å². The minimum absolute atomic E-state index is 0.198. The number of hydrogen-bond acceptors (Lipinski definition) is 9. The van der Waals surface area contributed by atoms with Crippen molar-refractivity contribution in [2.24, 2.45) is 46.3 Å². The number of aliphatic hydroxyl groups is 5. The summed E-state index contributed by atoms with van der Waals surface area (Å²) in [5.74, 6) is 2.53. The zero-order chi connectivity index (χ0) is 29.8. The molecule has 0 aromatic carbocycles. The van der Waals surface area contributed by atoms with Gasteiger partial charge in [-0.05, 0) is 91.8 Å². The Morgan fingerprint density at radius 1 is 0.857 bits per heavy atom. The van der Waals surface area contributed by atoms with Crippen molar-refractivity contribution in [3.63, 3.8) is 0 Å². The Hall–Kier alpha value is -0.360. The lowest BCUT2D eigenvalue weighted by Crippen LogP contribution is -2.67. The van der Waals surface area contributed by atoms with Gasteiger partial charge >= 0.3 is 0 Å². The third-order valence-corrected chi connectivity index (χ3v) is 14.2. The van der Waals surface area contributed by atoms with Crippen molar-refractivity contribution in [2.75, 3.05) is 13.2 Å². The molecule has 9 heteroatoms. The van der Waals surface area contributed by atoms with Gasteiger partial charge in [0.15, 0.2) is 12.1 Å². The second kappa shape index (κ2) is 10.3. The fourth-order valence-electron chi connectivity index (χ4n) is 11.8. The summed E-state index contributed by atoms with van der Waals surface area (Å²) < 4.78 is 26.1. The van der Waals surface area contributed by atoms with Crippen LogP contribution in [-0.4, -0.2) is 93.0 Å². The SMILES string of the molecule is CC1CCC2(OC1)OC1CC3C4CCC5(OC6OC(CO)C(O)C(O)C6O)CC(O)CCC5(C)C4CCC3(C)C1C2C. The molecule has 0 bridgehead atoms. The molecule has 3 heterocycles. The molecule has 0 radical (unpaired) electrons. The van der Waals surface area contributed by atoms with E-state index in [0.717, 1.165) is 58.0 Å².